The minimum atomic E-state index is -0.561. The van der Waals surface area contributed by atoms with Crippen LogP contribution in [0.3, 0.4) is 0 Å². The second kappa shape index (κ2) is 6.23. The van der Waals surface area contributed by atoms with Gasteiger partial charge >= 0.3 is 5.97 Å². The molecule has 0 amide bonds. The van der Waals surface area contributed by atoms with E-state index in [1.807, 2.05) is 6.92 Å². The summed E-state index contributed by atoms with van der Waals surface area (Å²) in [5.74, 6) is 0.406. The Morgan fingerprint density at radius 2 is 2.04 bits per heavy atom. The Labute approximate surface area is 137 Å². The maximum absolute atomic E-state index is 13.2. The molecular weight excluding hydrogens is 313 g/mol. The van der Waals surface area contributed by atoms with Gasteiger partial charge in [0.15, 0.2) is 18.1 Å². The first-order chi connectivity index (χ1) is 11.5. The van der Waals surface area contributed by atoms with E-state index in [1.54, 1.807) is 36.9 Å². The molecule has 24 heavy (non-hydrogen) atoms. The van der Waals surface area contributed by atoms with Crippen LogP contribution in [0, 0.1) is 19.7 Å². The van der Waals surface area contributed by atoms with E-state index in [-0.39, 0.29) is 18.1 Å². The molecule has 2 aromatic heterocycles. The van der Waals surface area contributed by atoms with Crippen molar-refractivity contribution in [1.82, 2.24) is 24.5 Å². The predicted octanol–water partition coefficient (Wildman–Crippen LogP) is 2.11. The van der Waals surface area contributed by atoms with E-state index in [0.717, 1.165) is 5.82 Å². The summed E-state index contributed by atoms with van der Waals surface area (Å²) in [5, 5.41) is 12.0. The number of hydrogen-bond acceptors (Lipinski definition) is 5. The van der Waals surface area contributed by atoms with Crippen LogP contribution in [0.25, 0.3) is 5.69 Å². The van der Waals surface area contributed by atoms with Crippen LogP contribution >= 0.6 is 0 Å². The Bertz CT molecular complexity index is 900. The summed E-state index contributed by atoms with van der Waals surface area (Å²) < 4.78 is 21.6. The monoisotopic (exact) mass is 329 g/mol. The van der Waals surface area contributed by atoms with Crippen LogP contribution < -0.4 is 0 Å². The Morgan fingerprint density at radius 3 is 2.71 bits per heavy atom. The summed E-state index contributed by atoms with van der Waals surface area (Å²) >= 11 is 0. The Morgan fingerprint density at radius 1 is 1.25 bits per heavy atom. The van der Waals surface area contributed by atoms with Crippen molar-refractivity contribution < 1.29 is 13.9 Å². The number of carbonyl (C=O) groups is 1. The van der Waals surface area contributed by atoms with Gasteiger partial charge in [0.2, 0.25) is 0 Å². The number of hydrogen-bond donors (Lipinski definition) is 0. The third kappa shape index (κ3) is 3.03. The molecule has 2 heterocycles. The average Bonchev–Trinajstić information content (AvgIpc) is 3.14. The van der Waals surface area contributed by atoms with Gasteiger partial charge in [-0.05, 0) is 43.7 Å². The molecule has 0 atom stereocenters. The molecule has 0 spiro atoms. The van der Waals surface area contributed by atoms with E-state index in [4.69, 9.17) is 4.74 Å². The van der Waals surface area contributed by atoms with Crippen molar-refractivity contribution in [3.05, 3.63) is 59.2 Å². The third-order valence-electron chi connectivity index (χ3n) is 3.72. The Balaban J connectivity index is 1.73. The standard InChI is InChI=1S/C16H16FN5O2/c1-10-8-12(17)4-5-14(10)22-7-6-13(20-22)16(23)24-9-15-19-18-11(2)21(15)3/h4-8H,9H2,1-3H3. The predicted molar refractivity (Wildman–Crippen MR) is 83.1 cm³/mol. The zero-order chi connectivity index (χ0) is 17.3. The molecule has 0 aliphatic heterocycles. The quantitative estimate of drug-likeness (QED) is 0.685. The minimum Gasteiger partial charge on any atom is -0.453 e. The first-order valence-electron chi connectivity index (χ1n) is 7.30. The molecule has 0 fully saturated rings. The molecule has 0 N–H and O–H groups in total. The number of esters is 1. The zero-order valence-corrected chi connectivity index (χ0v) is 13.5. The molecule has 124 valence electrons. The van der Waals surface area contributed by atoms with E-state index >= 15 is 0 Å². The van der Waals surface area contributed by atoms with Gasteiger partial charge < -0.3 is 9.30 Å². The number of aromatic nitrogens is 5. The SMILES string of the molecule is Cc1cc(F)ccc1-n1ccc(C(=O)OCc2nnc(C)n2C)n1. The molecular formula is C16H16FN5O2. The lowest BCUT2D eigenvalue weighted by atomic mass is 10.2. The van der Waals surface area contributed by atoms with Crippen LogP contribution in [-0.2, 0) is 18.4 Å². The maximum atomic E-state index is 13.2. The molecule has 0 unspecified atom stereocenters. The molecule has 0 saturated heterocycles. The normalized spacial score (nSPS) is 10.8. The molecule has 0 saturated carbocycles. The zero-order valence-electron chi connectivity index (χ0n) is 13.5. The van der Waals surface area contributed by atoms with Crippen LogP contribution in [0.2, 0.25) is 0 Å². The number of halogens is 1. The van der Waals surface area contributed by atoms with Crippen molar-refractivity contribution in [2.24, 2.45) is 7.05 Å². The van der Waals surface area contributed by atoms with Gasteiger partial charge in [0.05, 0.1) is 5.69 Å². The fourth-order valence-electron chi connectivity index (χ4n) is 2.22. The van der Waals surface area contributed by atoms with Gasteiger partial charge in [-0.15, -0.1) is 10.2 Å². The molecule has 3 aromatic rings. The van der Waals surface area contributed by atoms with Crippen LogP contribution in [0.4, 0.5) is 4.39 Å². The highest BCUT2D eigenvalue weighted by Gasteiger charge is 2.15. The molecule has 0 radical (unpaired) electrons. The minimum absolute atomic E-state index is 0.0125. The van der Waals surface area contributed by atoms with E-state index in [9.17, 15) is 9.18 Å². The van der Waals surface area contributed by atoms with Gasteiger partial charge in [-0.25, -0.2) is 13.9 Å². The lowest BCUT2D eigenvalue weighted by Gasteiger charge is -2.05. The summed E-state index contributed by atoms with van der Waals surface area (Å²) in [5.41, 5.74) is 1.57. The largest absolute Gasteiger partial charge is 0.453 e. The second-order valence-corrected chi connectivity index (χ2v) is 5.37. The maximum Gasteiger partial charge on any atom is 0.359 e. The average molecular weight is 329 g/mol. The van der Waals surface area contributed by atoms with Crippen LogP contribution in [-0.4, -0.2) is 30.5 Å². The van der Waals surface area contributed by atoms with Crippen molar-refractivity contribution in [3.63, 3.8) is 0 Å². The molecule has 3 rings (SSSR count). The topological polar surface area (TPSA) is 74.8 Å². The second-order valence-electron chi connectivity index (χ2n) is 5.37. The molecule has 7 nitrogen and oxygen atoms in total. The number of benzene rings is 1. The fraction of sp³-hybridized carbons (Fsp3) is 0.250. The summed E-state index contributed by atoms with van der Waals surface area (Å²) in [6, 6.07) is 5.91. The highest BCUT2D eigenvalue weighted by atomic mass is 19.1. The van der Waals surface area contributed by atoms with E-state index in [2.05, 4.69) is 15.3 Å². The lowest BCUT2D eigenvalue weighted by molar-refractivity contribution is 0.0451. The molecule has 0 aliphatic carbocycles. The number of rotatable bonds is 4. The first kappa shape index (κ1) is 15.9. The van der Waals surface area contributed by atoms with Gasteiger partial charge in [-0.2, -0.15) is 5.10 Å². The highest BCUT2D eigenvalue weighted by molar-refractivity contribution is 5.87. The van der Waals surface area contributed by atoms with Crippen LogP contribution in [0.15, 0.2) is 30.5 Å². The summed E-state index contributed by atoms with van der Waals surface area (Å²) in [4.78, 5) is 12.1. The fourth-order valence-corrected chi connectivity index (χ4v) is 2.22. The van der Waals surface area contributed by atoms with Crippen LogP contribution in [0.5, 0.6) is 0 Å². The van der Waals surface area contributed by atoms with E-state index in [1.165, 1.54) is 16.8 Å². The van der Waals surface area contributed by atoms with Crippen molar-refractivity contribution in [1.29, 1.82) is 0 Å². The highest BCUT2D eigenvalue weighted by Crippen LogP contribution is 2.15. The number of ether oxygens (including phenoxy) is 1. The number of carbonyl (C=O) groups excluding carboxylic acids is 1. The number of aryl methyl sites for hydroxylation is 2. The molecule has 1 aromatic carbocycles. The lowest BCUT2D eigenvalue weighted by Crippen LogP contribution is -2.10. The van der Waals surface area contributed by atoms with Gasteiger partial charge in [0.25, 0.3) is 0 Å². The molecule has 0 bridgehead atoms. The number of nitrogens with zero attached hydrogens (tertiary/aromatic N) is 5. The van der Waals surface area contributed by atoms with Crippen molar-refractivity contribution in [2.45, 2.75) is 20.5 Å². The van der Waals surface area contributed by atoms with E-state index < -0.39 is 5.97 Å². The Kier molecular flexibility index (Phi) is 4.11. The summed E-state index contributed by atoms with van der Waals surface area (Å²) in [6.45, 7) is 3.60. The molecule has 8 heteroatoms. The van der Waals surface area contributed by atoms with Gasteiger partial charge in [0.1, 0.15) is 11.6 Å². The summed E-state index contributed by atoms with van der Waals surface area (Å²) in [7, 11) is 1.80. The van der Waals surface area contributed by atoms with Crippen molar-refractivity contribution in [2.75, 3.05) is 0 Å². The first-order valence-corrected chi connectivity index (χ1v) is 7.30. The Hall–Kier alpha value is -3.03. The van der Waals surface area contributed by atoms with Crippen molar-refractivity contribution in [3.8, 4) is 5.69 Å². The van der Waals surface area contributed by atoms with E-state index in [0.29, 0.717) is 17.1 Å². The van der Waals surface area contributed by atoms with Gasteiger partial charge in [0, 0.05) is 13.2 Å². The summed E-state index contributed by atoms with van der Waals surface area (Å²) in [6.07, 6.45) is 1.63. The van der Waals surface area contributed by atoms with Crippen LogP contribution in [0.1, 0.15) is 27.7 Å². The molecule has 0 aliphatic rings. The van der Waals surface area contributed by atoms with Crippen molar-refractivity contribution >= 4 is 5.97 Å². The smallest absolute Gasteiger partial charge is 0.359 e. The van der Waals surface area contributed by atoms with Gasteiger partial charge in [-0.3, -0.25) is 0 Å². The van der Waals surface area contributed by atoms with Gasteiger partial charge in [-0.1, -0.05) is 0 Å². The third-order valence-corrected chi connectivity index (χ3v) is 3.72.